The number of hydrogen-bond acceptors (Lipinski definition) is 4. The molecule has 1 aromatic heterocycles. The van der Waals surface area contributed by atoms with Gasteiger partial charge in [-0.1, -0.05) is 0 Å². The molecular weight excluding hydrogens is 198 g/mol. The standard InChI is InChI=1S/C10H15NO2S/c1-6(2)11-9-7(3)5-8(14-9)10(12)13-4/h5-6,11H,1-4H3. The highest BCUT2D eigenvalue weighted by Gasteiger charge is 2.12. The zero-order valence-corrected chi connectivity index (χ0v) is 9.70. The fourth-order valence-electron chi connectivity index (χ4n) is 1.09. The number of nitrogens with one attached hydrogen (secondary N) is 1. The second-order valence-electron chi connectivity index (χ2n) is 3.41. The number of esters is 1. The van der Waals surface area contributed by atoms with Crippen molar-refractivity contribution >= 4 is 22.3 Å². The number of thiophene rings is 1. The highest BCUT2D eigenvalue weighted by Crippen LogP contribution is 2.28. The molecule has 1 aromatic rings. The molecule has 0 radical (unpaired) electrons. The number of anilines is 1. The van der Waals surface area contributed by atoms with Crippen LogP contribution in [0.1, 0.15) is 29.1 Å². The third-order valence-electron chi connectivity index (χ3n) is 1.72. The zero-order valence-electron chi connectivity index (χ0n) is 8.88. The van der Waals surface area contributed by atoms with Crippen LogP contribution in [0.2, 0.25) is 0 Å². The molecule has 0 aliphatic rings. The average Bonchev–Trinajstić information content (AvgIpc) is 2.46. The Hall–Kier alpha value is -1.03. The quantitative estimate of drug-likeness (QED) is 0.784. The fourth-order valence-corrected chi connectivity index (χ4v) is 2.23. The Kier molecular flexibility index (Phi) is 3.52. The summed E-state index contributed by atoms with van der Waals surface area (Å²) in [6, 6.07) is 2.22. The van der Waals surface area contributed by atoms with Crippen LogP contribution in [-0.2, 0) is 4.74 Å². The number of carbonyl (C=O) groups excluding carboxylic acids is 1. The van der Waals surface area contributed by atoms with Gasteiger partial charge in [0.05, 0.1) is 12.1 Å². The molecule has 0 aromatic carbocycles. The molecule has 0 amide bonds. The van der Waals surface area contributed by atoms with E-state index in [0.717, 1.165) is 10.6 Å². The number of methoxy groups -OCH3 is 1. The summed E-state index contributed by atoms with van der Waals surface area (Å²) in [5.41, 5.74) is 1.09. The first-order chi connectivity index (χ1) is 6.54. The summed E-state index contributed by atoms with van der Waals surface area (Å²) in [5, 5.41) is 4.33. The van der Waals surface area contributed by atoms with E-state index in [9.17, 15) is 4.79 Å². The van der Waals surface area contributed by atoms with Gasteiger partial charge in [0.25, 0.3) is 0 Å². The minimum Gasteiger partial charge on any atom is -0.465 e. The molecule has 1 rings (SSSR count). The number of ether oxygens (including phenoxy) is 1. The molecule has 0 spiro atoms. The lowest BCUT2D eigenvalue weighted by molar-refractivity contribution is 0.0606. The SMILES string of the molecule is COC(=O)c1cc(C)c(NC(C)C)s1. The second-order valence-corrected chi connectivity index (χ2v) is 4.47. The highest BCUT2D eigenvalue weighted by atomic mass is 32.1. The van der Waals surface area contributed by atoms with E-state index in [1.807, 2.05) is 13.0 Å². The number of aryl methyl sites for hydroxylation is 1. The molecule has 1 N–H and O–H groups in total. The third-order valence-corrected chi connectivity index (χ3v) is 2.87. The molecule has 78 valence electrons. The van der Waals surface area contributed by atoms with Gasteiger partial charge in [0.2, 0.25) is 0 Å². The van der Waals surface area contributed by atoms with Crippen LogP contribution in [-0.4, -0.2) is 19.1 Å². The first-order valence-corrected chi connectivity index (χ1v) is 5.31. The first kappa shape index (κ1) is 11.0. The third kappa shape index (κ3) is 2.48. The van der Waals surface area contributed by atoms with Gasteiger partial charge < -0.3 is 10.1 Å². The van der Waals surface area contributed by atoms with Crippen LogP contribution in [0, 0.1) is 6.92 Å². The smallest absolute Gasteiger partial charge is 0.348 e. The Balaban J connectivity index is 2.87. The molecule has 4 heteroatoms. The number of hydrogen-bond donors (Lipinski definition) is 1. The molecule has 0 fully saturated rings. The lowest BCUT2D eigenvalue weighted by atomic mass is 10.3. The number of rotatable bonds is 3. The monoisotopic (exact) mass is 213 g/mol. The molecule has 1 heterocycles. The summed E-state index contributed by atoms with van der Waals surface area (Å²) < 4.78 is 4.65. The van der Waals surface area contributed by atoms with E-state index in [2.05, 4.69) is 23.9 Å². The summed E-state index contributed by atoms with van der Waals surface area (Å²) >= 11 is 1.43. The second kappa shape index (κ2) is 4.46. The van der Waals surface area contributed by atoms with E-state index in [-0.39, 0.29) is 5.97 Å². The molecule has 0 saturated heterocycles. The molecule has 14 heavy (non-hydrogen) atoms. The van der Waals surface area contributed by atoms with E-state index >= 15 is 0 Å². The van der Waals surface area contributed by atoms with Gasteiger partial charge in [-0.25, -0.2) is 4.79 Å². The Morgan fingerprint density at radius 1 is 1.57 bits per heavy atom. The van der Waals surface area contributed by atoms with E-state index in [4.69, 9.17) is 0 Å². The van der Waals surface area contributed by atoms with Gasteiger partial charge >= 0.3 is 5.97 Å². The largest absolute Gasteiger partial charge is 0.465 e. The molecule has 0 aliphatic heterocycles. The van der Waals surface area contributed by atoms with Gasteiger partial charge in [-0.2, -0.15) is 0 Å². The lowest BCUT2D eigenvalue weighted by Gasteiger charge is -2.07. The summed E-state index contributed by atoms with van der Waals surface area (Å²) in [5.74, 6) is -0.269. The van der Waals surface area contributed by atoms with Crippen molar-refractivity contribution in [1.82, 2.24) is 0 Å². The summed E-state index contributed by atoms with van der Waals surface area (Å²) in [4.78, 5) is 11.9. The van der Waals surface area contributed by atoms with E-state index in [1.165, 1.54) is 18.4 Å². The maximum atomic E-state index is 11.2. The molecule has 0 unspecified atom stereocenters. The maximum Gasteiger partial charge on any atom is 0.348 e. The van der Waals surface area contributed by atoms with Crippen molar-refractivity contribution in [2.75, 3.05) is 12.4 Å². The van der Waals surface area contributed by atoms with Crippen molar-refractivity contribution in [3.05, 3.63) is 16.5 Å². The fraction of sp³-hybridized carbons (Fsp3) is 0.500. The van der Waals surface area contributed by atoms with E-state index in [0.29, 0.717) is 10.9 Å². The van der Waals surface area contributed by atoms with Crippen molar-refractivity contribution in [2.24, 2.45) is 0 Å². The predicted molar refractivity (Wildman–Crippen MR) is 59.2 cm³/mol. The predicted octanol–water partition coefficient (Wildman–Crippen LogP) is 2.66. The van der Waals surface area contributed by atoms with Crippen molar-refractivity contribution in [2.45, 2.75) is 26.8 Å². The van der Waals surface area contributed by atoms with Crippen LogP contribution in [0.25, 0.3) is 0 Å². The first-order valence-electron chi connectivity index (χ1n) is 4.50. The van der Waals surface area contributed by atoms with Crippen LogP contribution >= 0.6 is 11.3 Å². The Bertz CT molecular complexity index is 331. The lowest BCUT2D eigenvalue weighted by Crippen LogP contribution is -2.08. The molecule has 0 aliphatic carbocycles. The maximum absolute atomic E-state index is 11.2. The summed E-state index contributed by atoms with van der Waals surface area (Å²) in [6.45, 7) is 6.11. The minimum absolute atomic E-state index is 0.269. The Morgan fingerprint density at radius 2 is 2.21 bits per heavy atom. The molecular formula is C10H15NO2S. The Labute approximate surface area is 88.1 Å². The van der Waals surface area contributed by atoms with Crippen LogP contribution < -0.4 is 5.32 Å². The van der Waals surface area contributed by atoms with Gasteiger partial charge in [-0.15, -0.1) is 11.3 Å². The Morgan fingerprint density at radius 3 is 2.71 bits per heavy atom. The average molecular weight is 213 g/mol. The van der Waals surface area contributed by atoms with Gasteiger partial charge in [0.15, 0.2) is 0 Å². The van der Waals surface area contributed by atoms with E-state index < -0.39 is 0 Å². The van der Waals surface area contributed by atoms with Crippen molar-refractivity contribution in [1.29, 1.82) is 0 Å². The van der Waals surface area contributed by atoms with Crippen LogP contribution in [0.4, 0.5) is 5.00 Å². The van der Waals surface area contributed by atoms with Crippen LogP contribution in [0.5, 0.6) is 0 Å². The van der Waals surface area contributed by atoms with Gasteiger partial charge in [-0.05, 0) is 32.4 Å². The normalized spacial score (nSPS) is 10.4. The molecule has 0 saturated carbocycles. The minimum atomic E-state index is -0.269. The van der Waals surface area contributed by atoms with Crippen molar-refractivity contribution in [3.8, 4) is 0 Å². The molecule has 0 atom stereocenters. The topological polar surface area (TPSA) is 38.3 Å². The van der Waals surface area contributed by atoms with E-state index in [1.54, 1.807) is 0 Å². The van der Waals surface area contributed by atoms with Gasteiger partial charge in [0.1, 0.15) is 4.88 Å². The molecule has 0 bridgehead atoms. The van der Waals surface area contributed by atoms with Crippen molar-refractivity contribution in [3.63, 3.8) is 0 Å². The summed E-state index contributed by atoms with van der Waals surface area (Å²) in [6.07, 6.45) is 0. The zero-order chi connectivity index (χ0) is 10.7. The highest BCUT2D eigenvalue weighted by molar-refractivity contribution is 7.18. The molecule has 3 nitrogen and oxygen atoms in total. The van der Waals surface area contributed by atoms with Gasteiger partial charge in [0, 0.05) is 6.04 Å². The number of carbonyl (C=O) groups is 1. The van der Waals surface area contributed by atoms with Gasteiger partial charge in [-0.3, -0.25) is 0 Å². The van der Waals surface area contributed by atoms with Crippen LogP contribution in [0.15, 0.2) is 6.07 Å². The van der Waals surface area contributed by atoms with Crippen LogP contribution in [0.3, 0.4) is 0 Å². The van der Waals surface area contributed by atoms with Crippen molar-refractivity contribution < 1.29 is 9.53 Å². The summed E-state index contributed by atoms with van der Waals surface area (Å²) in [7, 11) is 1.40.